The van der Waals surface area contributed by atoms with Gasteiger partial charge in [0.1, 0.15) is 19.3 Å². The molecule has 0 saturated carbocycles. The number of nitrogens with one attached hydrogen (secondary N) is 1. The third-order valence-electron chi connectivity index (χ3n) is 14.0. The van der Waals surface area contributed by atoms with Crippen molar-refractivity contribution in [3.63, 3.8) is 0 Å². The van der Waals surface area contributed by atoms with E-state index in [1.165, 1.54) is 96.3 Å². The molecular formula is C74H126N2O7P+. The number of phosphoric ester groups is 1. The van der Waals surface area contributed by atoms with Crippen molar-refractivity contribution in [2.45, 2.75) is 270 Å². The number of nitrogens with zero attached hydrogens (tertiary/aromatic N) is 1. The Kier molecular flexibility index (Phi) is 58.9. The zero-order valence-corrected chi connectivity index (χ0v) is 55.5. The van der Waals surface area contributed by atoms with E-state index in [1.807, 2.05) is 39.4 Å². The molecule has 84 heavy (non-hydrogen) atoms. The second kappa shape index (κ2) is 62.0. The summed E-state index contributed by atoms with van der Waals surface area (Å²) in [4.78, 5) is 37.8. The third-order valence-corrected chi connectivity index (χ3v) is 15.0. The predicted molar refractivity (Wildman–Crippen MR) is 364 cm³/mol. The molecule has 0 radical (unpaired) electrons. The van der Waals surface area contributed by atoms with Gasteiger partial charge in [-0.3, -0.25) is 18.6 Å². The Morgan fingerprint density at radius 2 is 0.774 bits per heavy atom. The standard InChI is InChI=1S/C74H125N2O7P/c1-7-10-13-16-19-22-25-28-30-32-34-35-36-37-38-39-40-41-43-45-47-49-52-55-58-61-64-67-74(78)83-72(65-62-59-56-53-50-27-24-21-18-15-12-9-3)71(70-82-84(79,80)81-69-68-76(4,5)6)75-73(77)66-63-60-57-54-51-48-46-44-42-33-31-29-26-23-20-17-14-11-8-2/h10-11,13-14,19-20,22-23,28-31,34-35,37-38,42,44,48,51,57,60,62,65,71-72H,7-9,12,15-18,21,24-27,32-33,36,39-41,43,45-47,49-50,52-56,58-59,61,63-64,66-70H2,1-6H3,(H-,75,77,79,80)/p+1/b13-10-,14-11-,22-19-,23-20-,30-28-,31-29-,35-34-,38-37-,44-42-,51-48-,60-57-,65-62-. The van der Waals surface area contributed by atoms with Crippen LogP contribution in [0, 0.1) is 0 Å². The highest BCUT2D eigenvalue weighted by molar-refractivity contribution is 7.47. The maximum Gasteiger partial charge on any atom is 0.472 e. The van der Waals surface area contributed by atoms with Crippen molar-refractivity contribution >= 4 is 19.7 Å². The first kappa shape index (κ1) is 79.9. The van der Waals surface area contributed by atoms with E-state index in [9.17, 15) is 19.0 Å². The summed E-state index contributed by atoms with van der Waals surface area (Å²) in [6, 6.07) is -0.901. The molecule has 478 valence electrons. The fraction of sp³-hybridized carbons (Fsp3) is 0.649. The van der Waals surface area contributed by atoms with Crippen LogP contribution in [0.1, 0.15) is 258 Å². The Bertz CT molecular complexity index is 1950. The van der Waals surface area contributed by atoms with Crippen molar-refractivity contribution in [1.29, 1.82) is 0 Å². The molecule has 0 aliphatic heterocycles. The molecule has 0 spiro atoms. The lowest BCUT2D eigenvalue weighted by Gasteiger charge is -2.27. The summed E-state index contributed by atoms with van der Waals surface area (Å²) < 4.78 is 30.7. The van der Waals surface area contributed by atoms with Crippen LogP contribution in [-0.2, 0) is 27.9 Å². The van der Waals surface area contributed by atoms with Gasteiger partial charge in [0.25, 0.3) is 0 Å². The zero-order chi connectivity index (χ0) is 61.4. The number of rotatable bonds is 59. The molecule has 10 heteroatoms. The van der Waals surface area contributed by atoms with Gasteiger partial charge in [0.05, 0.1) is 33.8 Å². The number of carbonyl (C=O) groups is 2. The zero-order valence-electron chi connectivity index (χ0n) is 54.6. The smallest absolute Gasteiger partial charge is 0.456 e. The van der Waals surface area contributed by atoms with E-state index in [-0.39, 0.29) is 37.9 Å². The first-order valence-electron chi connectivity index (χ1n) is 33.7. The molecule has 0 bridgehead atoms. The van der Waals surface area contributed by atoms with E-state index in [4.69, 9.17) is 13.8 Å². The molecule has 3 unspecified atom stereocenters. The summed E-state index contributed by atoms with van der Waals surface area (Å²) in [5.41, 5.74) is 0. The molecule has 0 aliphatic rings. The Hall–Kier alpha value is -4.11. The number of quaternary nitrogens is 1. The minimum absolute atomic E-state index is 0.0188. The summed E-state index contributed by atoms with van der Waals surface area (Å²) in [7, 11) is 1.43. The van der Waals surface area contributed by atoms with Crippen molar-refractivity contribution in [2.24, 2.45) is 0 Å². The highest BCUT2D eigenvalue weighted by Crippen LogP contribution is 2.43. The SMILES string of the molecule is CC/C=C\C/C=C\C/C=C\C/C=C\C/C=C\C/C=C\CCC(=O)NC(COP(=O)(O)OCC[N+](C)(C)C)C(/C=C\CCCCCCCCCCCC)OC(=O)CCCCCCCCCCCCC/C=C\C/C=C\C/C=C\C/C=C\C/C=C\CC. The first-order chi connectivity index (χ1) is 40.9. The highest BCUT2D eigenvalue weighted by Gasteiger charge is 2.30. The van der Waals surface area contributed by atoms with E-state index in [0.717, 1.165) is 122 Å². The largest absolute Gasteiger partial charge is 0.472 e. The van der Waals surface area contributed by atoms with E-state index in [1.54, 1.807) is 0 Å². The van der Waals surface area contributed by atoms with Gasteiger partial charge in [0, 0.05) is 12.8 Å². The summed E-state index contributed by atoms with van der Waals surface area (Å²) in [6.45, 7) is 6.71. The number of amides is 1. The predicted octanol–water partition coefficient (Wildman–Crippen LogP) is 21.4. The average molecular weight is 1190 g/mol. The molecule has 0 rings (SSSR count). The summed E-state index contributed by atoms with van der Waals surface area (Å²) in [5, 5.41) is 3.01. The fourth-order valence-corrected chi connectivity index (χ4v) is 9.67. The van der Waals surface area contributed by atoms with Gasteiger partial charge in [-0.1, -0.05) is 276 Å². The van der Waals surface area contributed by atoms with Crippen LogP contribution >= 0.6 is 7.82 Å². The minimum atomic E-state index is -4.48. The maximum absolute atomic E-state index is 13.5. The monoisotopic (exact) mass is 1190 g/mol. The number of esters is 1. The Balaban J connectivity index is 5.21. The van der Waals surface area contributed by atoms with Crippen molar-refractivity contribution in [3.05, 3.63) is 146 Å². The van der Waals surface area contributed by atoms with Gasteiger partial charge in [-0.2, -0.15) is 0 Å². The van der Waals surface area contributed by atoms with Crippen LogP contribution < -0.4 is 5.32 Å². The van der Waals surface area contributed by atoms with Crippen LogP contribution in [0.2, 0.25) is 0 Å². The molecule has 2 N–H and O–H groups in total. The van der Waals surface area contributed by atoms with Crippen molar-refractivity contribution < 1.29 is 37.3 Å². The van der Waals surface area contributed by atoms with E-state index in [0.29, 0.717) is 17.4 Å². The molecule has 3 atom stereocenters. The molecule has 0 aliphatic carbocycles. The summed E-state index contributed by atoms with van der Waals surface area (Å²) in [6.07, 6.45) is 90.2. The number of allylic oxidation sites excluding steroid dienone is 23. The molecule has 0 heterocycles. The molecular weight excluding hydrogens is 1060 g/mol. The number of hydrogen-bond donors (Lipinski definition) is 2. The van der Waals surface area contributed by atoms with Crippen LogP contribution in [0.5, 0.6) is 0 Å². The van der Waals surface area contributed by atoms with E-state index >= 15 is 0 Å². The third kappa shape index (κ3) is 62.4. The van der Waals surface area contributed by atoms with E-state index < -0.39 is 20.0 Å². The normalized spacial score (nSPS) is 14.5. The number of hydrogen-bond acceptors (Lipinski definition) is 6. The maximum atomic E-state index is 13.5. The van der Waals surface area contributed by atoms with E-state index in [2.05, 4.69) is 154 Å². The summed E-state index contributed by atoms with van der Waals surface area (Å²) in [5.74, 6) is -0.614. The lowest BCUT2D eigenvalue weighted by atomic mass is 10.0. The topological polar surface area (TPSA) is 111 Å². The van der Waals surface area contributed by atoms with Gasteiger partial charge < -0.3 is 19.4 Å². The first-order valence-corrected chi connectivity index (χ1v) is 35.2. The van der Waals surface area contributed by atoms with Crippen LogP contribution in [0.3, 0.4) is 0 Å². The molecule has 1 amide bonds. The number of ether oxygens (including phenoxy) is 1. The summed E-state index contributed by atoms with van der Waals surface area (Å²) >= 11 is 0. The van der Waals surface area contributed by atoms with Crippen molar-refractivity contribution in [3.8, 4) is 0 Å². The number of unbranched alkanes of at least 4 members (excludes halogenated alkanes) is 21. The van der Waals surface area contributed by atoms with Gasteiger partial charge in [0.2, 0.25) is 5.91 Å². The molecule has 0 aromatic heterocycles. The van der Waals surface area contributed by atoms with Gasteiger partial charge in [-0.15, -0.1) is 0 Å². The Labute approximate surface area is 517 Å². The highest BCUT2D eigenvalue weighted by atomic mass is 31.2. The minimum Gasteiger partial charge on any atom is -0.456 e. The fourth-order valence-electron chi connectivity index (χ4n) is 8.93. The number of likely N-dealkylation sites (N-methyl/N-ethyl adjacent to an activating group) is 1. The van der Waals surface area contributed by atoms with Gasteiger partial charge in [-0.05, 0) is 115 Å². The lowest BCUT2D eigenvalue weighted by Crippen LogP contribution is -2.47. The van der Waals surface area contributed by atoms with Crippen LogP contribution in [0.15, 0.2) is 146 Å². The Morgan fingerprint density at radius 3 is 1.17 bits per heavy atom. The van der Waals surface area contributed by atoms with Crippen LogP contribution in [-0.4, -0.2) is 74.3 Å². The molecule has 0 aromatic carbocycles. The van der Waals surface area contributed by atoms with Gasteiger partial charge >= 0.3 is 13.8 Å². The van der Waals surface area contributed by atoms with Gasteiger partial charge in [0.15, 0.2) is 0 Å². The lowest BCUT2D eigenvalue weighted by molar-refractivity contribution is -0.870. The van der Waals surface area contributed by atoms with Gasteiger partial charge in [-0.25, -0.2) is 4.57 Å². The van der Waals surface area contributed by atoms with Crippen LogP contribution in [0.4, 0.5) is 0 Å². The molecule has 0 aromatic rings. The van der Waals surface area contributed by atoms with Crippen molar-refractivity contribution in [2.75, 3.05) is 40.9 Å². The van der Waals surface area contributed by atoms with Crippen molar-refractivity contribution in [1.82, 2.24) is 5.32 Å². The second-order valence-electron chi connectivity index (χ2n) is 23.2. The quantitative estimate of drug-likeness (QED) is 0.0205. The second-order valence-corrected chi connectivity index (χ2v) is 24.7. The number of carbonyl (C=O) groups excluding carboxylic acids is 2. The molecule has 0 saturated heterocycles. The number of phosphoric acid groups is 1. The molecule has 0 fully saturated rings. The molecule has 9 nitrogen and oxygen atoms in total. The average Bonchev–Trinajstić information content (AvgIpc) is 3.64. The van der Waals surface area contributed by atoms with Crippen LogP contribution in [0.25, 0.3) is 0 Å². The Morgan fingerprint density at radius 1 is 0.429 bits per heavy atom.